The number of nitro groups is 1. The number of nitrogens with zero attached hydrogens (tertiary/aromatic N) is 3. The molecule has 0 saturated carbocycles. The summed E-state index contributed by atoms with van der Waals surface area (Å²) in [4.78, 5) is 23.2. The first-order chi connectivity index (χ1) is 9.40. The van der Waals surface area contributed by atoms with Crippen LogP contribution in [0.25, 0.3) is 0 Å². The van der Waals surface area contributed by atoms with Crippen LogP contribution >= 0.6 is 0 Å². The van der Waals surface area contributed by atoms with Crippen LogP contribution in [0.5, 0.6) is 0 Å². The molecule has 0 aliphatic carbocycles. The molecule has 1 aliphatic heterocycles. The zero-order chi connectivity index (χ0) is 14.9. The molecule has 1 heterocycles. The SMILES string of the molecule is CC1(C(=O)O)CCCN1c1ccc([N+](=O)[O-])cc1C#N. The summed E-state index contributed by atoms with van der Waals surface area (Å²) in [6.07, 6.45) is 1.18. The Kier molecular flexibility index (Phi) is 3.32. The van der Waals surface area contributed by atoms with E-state index in [-0.39, 0.29) is 11.3 Å². The van der Waals surface area contributed by atoms with Gasteiger partial charge in [-0.2, -0.15) is 5.26 Å². The molecule has 1 aromatic carbocycles. The van der Waals surface area contributed by atoms with Gasteiger partial charge >= 0.3 is 5.97 Å². The second kappa shape index (κ2) is 4.81. The van der Waals surface area contributed by atoms with Crippen LogP contribution < -0.4 is 4.90 Å². The van der Waals surface area contributed by atoms with Crippen molar-refractivity contribution in [2.24, 2.45) is 0 Å². The van der Waals surface area contributed by atoms with Crippen molar-refractivity contribution < 1.29 is 14.8 Å². The Bertz CT molecular complexity index is 623. The minimum absolute atomic E-state index is 0.119. The van der Waals surface area contributed by atoms with Gasteiger partial charge in [-0.25, -0.2) is 4.79 Å². The highest BCUT2D eigenvalue weighted by Gasteiger charge is 2.44. The van der Waals surface area contributed by atoms with Crippen LogP contribution in [0.2, 0.25) is 0 Å². The van der Waals surface area contributed by atoms with Gasteiger partial charge in [0.2, 0.25) is 0 Å². The first-order valence-electron chi connectivity index (χ1n) is 6.10. The molecule has 7 heteroatoms. The first kappa shape index (κ1) is 13.8. The fourth-order valence-electron chi connectivity index (χ4n) is 2.53. The number of carboxylic acid groups (broad SMARTS) is 1. The van der Waals surface area contributed by atoms with Crippen LogP contribution in [-0.4, -0.2) is 28.1 Å². The molecule has 1 aromatic rings. The highest BCUT2D eigenvalue weighted by atomic mass is 16.6. The van der Waals surface area contributed by atoms with Crippen molar-refractivity contribution >= 4 is 17.3 Å². The van der Waals surface area contributed by atoms with Crippen molar-refractivity contribution in [1.82, 2.24) is 0 Å². The largest absolute Gasteiger partial charge is 0.480 e. The summed E-state index contributed by atoms with van der Waals surface area (Å²) in [6, 6.07) is 5.82. The summed E-state index contributed by atoms with van der Waals surface area (Å²) in [5.41, 5.74) is -0.711. The van der Waals surface area contributed by atoms with Crippen LogP contribution in [0.1, 0.15) is 25.3 Å². The third-order valence-electron chi connectivity index (χ3n) is 3.70. The van der Waals surface area contributed by atoms with Crippen molar-refractivity contribution in [2.45, 2.75) is 25.3 Å². The monoisotopic (exact) mass is 275 g/mol. The van der Waals surface area contributed by atoms with Crippen molar-refractivity contribution in [1.29, 1.82) is 5.26 Å². The van der Waals surface area contributed by atoms with E-state index in [0.29, 0.717) is 25.1 Å². The fourth-order valence-corrected chi connectivity index (χ4v) is 2.53. The van der Waals surface area contributed by atoms with E-state index in [0.717, 1.165) is 0 Å². The van der Waals surface area contributed by atoms with E-state index in [2.05, 4.69) is 0 Å². The Morgan fingerprint density at radius 2 is 2.30 bits per heavy atom. The van der Waals surface area contributed by atoms with Gasteiger partial charge in [0.1, 0.15) is 11.6 Å². The molecule has 0 amide bonds. The first-order valence-corrected chi connectivity index (χ1v) is 6.10. The number of benzene rings is 1. The average Bonchev–Trinajstić information content (AvgIpc) is 2.81. The zero-order valence-corrected chi connectivity index (χ0v) is 10.9. The minimum Gasteiger partial charge on any atom is -0.480 e. The Balaban J connectivity index is 2.51. The molecule has 0 spiro atoms. The van der Waals surface area contributed by atoms with Gasteiger partial charge in [0.15, 0.2) is 0 Å². The summed E-state index contributed by atoms with van der Waals surface area (Å²) in [5.74, 6) is -0.961. The number of nitro benzene ring substituents is 1. The molecule has 0 aromatic heterocycles. The van der Waals surface area contributed by atoms with E-state index >= 15 is 0 Å². The molecule has 0 radical (unpaired) electrons. The Hall–Kier alpha value is -2.62. The Morgan fingerprint density at radius 3 is 2.85 bits per heavy atom. The topological polar surface area (TPSA) is 107 Å². The van der Waals surface area contributed by atoms with E-state index in [4.69, 9.17) is 5.26 Å². The normalized spacial score (nSPS) is 21.5. The summed E-state index contributed by atoms with van der Waals surface area (Å²) < 4.78 is 0. The van der Waals surface area contributed by atoms with Gasteiger partial charge < -0.3 is 10.0 Å². The van der Waals surface area contributed by atoms with Gasteiger partial charge in [0.25, 0.3) is 5.69 Å². The van der Waals surface area contributed by atoms with Gasteiger partial charge in [-0.05, 0) is 25.8 Å². The lowest BCUT2D eigenvalue weighted by atomic mass is 9.98. The summed E-state index contributed by atoms with van der Waals surface area (Å²) in [6.45, 7) is 2.11. The summed E-state index contributed by atoms with van der Waals surface area (Å²) in [7, 11) is 0. The minimum atomic E-state index is -1.08. The van der Waals surface area contributed by atoms with Crippen LogP contribution in [0, 0.1) is 21.4 Å². The van der Waals surface area contributed by atoms with E-state index in [9.17, 15) is 20.0 Å². The second-order valence-corrected chi connectivity index (χ2v) is 4.90. The number of nitriles is 1. The Labute approximate surface area is 115 Å². The summed E-state index contributed by atoms with van der Waals surface area (Å²) >= 11 is 0. The van der Waals surface area contributed by atoms with Crippen molar-refractivity contribution in [3.05, 3.63) is 33.9 Å². The van der Waals surface area contributed by atoms with Crippen LogP contribution in [0.4, 0.5) is 11.4 Å². The lowest BCUT2D eigenvalue weighted by Crippen LogP contribution is -2.48. The molecule has 0 bridgehead atoms. The van der Waals surface area contributed by atoms with Crippen molar-refractivity contribution in [3.8, 4) is 6.07 Å². The van der Waals surface area contributed by atoms with Gasteiger partial charge in [0.05, 0.1) is 16.2 Å². The van der Waals surface area contributed by atoms with Crippen molar-refractivity contribution in [2.75, 3.05) is 11.4 Å². The van der Waals surface area contributed by atoms with Crippen LogP contribution in [0.15, 0.2) is 18.2 Å². The van der Waals surface area contributed by atoms with Crippen LogP contribution in [0.3, 0.4) is 0 Å². The van der Waals surface area contributed by atoms with Crippen molar-refractivity contribution in [3.63, 3.8) is 0 Å². The predicted octanol–water partition coefficient (Wildman–Crippen LogP) is 1.91. The van der Waals surface area contributed by atoms with E-state index < -0.39 is 16.4 Å². The maximum Gasteiger partial charge on any atom is 0.329 e. The third-order valence-corrected chi connectivity index (χ3v) is 3.70. The molecular formula is C13H13N3O4. The lowest BCUT2D eigenvalue weighted by molar-refractivity contribution is -0.384. The fraction of sp³-hybridized carbons (Fsp3) is 0.385. The highest BCUT2D eigenvalue weighted by Crippen LogP contribution is 2.37. The second-order valence-electron chi connectivity index (χ2n) is 4.90. The zero-order valence-electron chi connectivity index (χ0n) is 10.9. The maximum atomic E-state index is 11.4. The molecule has 1 saturated heterocycles. The van der Waals surface area contributed by atoms with E-state index in [1.807, 2.05) is 6.07 Å². The smallest absolute Gasteiger partial charge is 0.329 e. The molecule has 1 N–H and O–H groups in total. The number of hydrogen-bond acceptors (Lipinski definition) is 5. The van der Waals surface area contributed by atoms with Crippen LogP contribution in [-0.2, 0) is 4.79 Å². The van der Waals surface area contributed by atoms with Gasteiger partial charge in [0, 0.05) is 18.7 Å². The van der Waals surface area contributed by atoms with Gasteiger partial charge in [-0.1, -0.05) is 0 Å². The standard InChI is InChI=1S/C13H13N3O4/c1-13(12(17)18)5-2-6-15(13)11-4-3-10(16(19)20)7-9(11)8-14/h3-4,7H,2,5-6H2,1H3,(H,17,18). The van der Waals surface area contributed by atoms with Gasteiger partial charge in [-0.3, -0.25) is 10.1 Å². The third kappa shape index (κ3) is 2.05. The van der Waals surface area contributed by atoms with Gasteiger partial charge in [-0.15, -0.1) is 0 Å². The molecule has 20 heavy (non-hydrogen) atoms. The molecular weight excluding hydrogens is 262 g/mol. The lowest BCUT2D eigenvalue weighted by Gasteiger charge is -2.33. The predicted molar refractivity (Wildman–Crippen MR) is 70.4 cm³/mol. The maximum absolute atomic E-state index is 11.4. The Morgan fingerprint density at radius 1 is 1.60 bits per heavy atom. The quantitative estimate of drug-likeness (QED) is 0.666. The number of carboxylic acids is 1. The number of hydrogen-bond donors (Lipinski definition) is 1. The molecule has 1 atom stereocenters. The molecule has 2 rings (SSSR count). The summed E-state index contributed by atoms with van der Waals surface area (Å²) in [5, 5.41) is 29.3. The molecule has 7 nitrogen and oxygen atoms in total. The highest BCUT2D eigenvalue weighted by molar-refractivity contribution is 5.85. The molecule has 1 aliphatic rings. The van der Waals surface area contributed by atoms with E-state index in [1.165, 1.54) is 18.2 Å². The molecule has 104 valence electrons. The number of rotatable bonds is 3. The number of non-ortho nitro benzene ring substituents is 1. The molecule has 1 unspecified atom stereocenters. The average molecular weight is 275 g/mol. The number of aliphatic carboxylic acids is 1. The van der Waals surface area contributed by atoms with E-state index in [1.54, 1.807) is 11.8 Å². The number of carbonyl (C=O) groups is 1. The number of anilines is 1. The molecule has 1 fully saturated rings.